The Morgan fingerprint density at radius 2 is 1.86 bits per heavy atom. The van der Waals surface area contributed by atoms with Crippen LogP contribution in [0, 0.1) is 0 Å². The summed E-state index contributed by atoms with van der Waals surface area (Å²) in [5.41, 5.74) is 2.69. The van der Waals surface area contributed by atoms with Gasteiger partial charge in [-0.2, -0.15) is 0 Å². The van der Waals surface area contributed by atoms with Gasteiger partial charge in [-0.05, 0) is 30.3 Å². The van der Waals surface area contributed by atoms with Gasteiger partial charge in [0.15, 0.2) is 5.16 Å². The first-order valence-corrected chi connectivity index (χ1v) is 11.4. The van der Waals surface area contributed by atoms with Crippen LogP contribution in [0.3, 0.4) is 0 Å². The predicted molar refractivity (Wildman–Crippen MR) is 114 cm³/mol. The lowest BCUT2D eigenvalue weighted by atomic mass is 10.1. The molecule has 0 bridgehead atoms. The number of aryl methyl sites for hydroxylation is 1. The van der Waals surface area contributed by atoms with Crippen LogP contribution in [-0.4, -0.2) is 48.0 Å². The number of rotatable bonds is 5. The van der Waals surface area contributed by atoms with Crippen molar-refractivity contribution in [2.45, 2.75) is 16.6 Å². The maximum absolute atomic E-state index is 12.7. The van der Waals surface area contributed by atoms with Crippen molar-refractivity contribution in [3.8, 4) is 11.3 Å². The summed E-state index contributed by atoms with van der Waals surface area (Å²) in [4.78, 5) is 17.5. The highest BCUT2D eigenvalue weighted by atomic mass is 32.2. The summed E-state index contributed by atoms with van der Waals surface area (Å²) < 4.78 is 27.6. The van der Waals surface area contributed by atoms with Crippen molar-refractivity contribution in [1.82, 2.24) is 13.9 Å². The molecule has 0 atom stereocenters. The van der Waals surface area contributed by atoms with Crippen LogP contribution < -0.4 is 5.32 Å². The lowest BCUT2D eigenvalue weighted by molar-refractivity contribution is 0.102. The monoisotopic (exact) mass is 428 g/mol. The smallest absolute Gasteiger partial charge is 0.255 e. The molecule has 4 rings (SSSR count). The van der Waals surface area contributed by atoms with Gasteiger partial charge in [0.2, 0.25) is 10.0 Å². The van der Waals surface area contributed by atoms with E-state index in [4.69, 9.17) is 0 Å². The van der Waals surface area contributed by atoms with Crippen molar-refractivity contribution in [3.63, 3.8) is 0 Å². The highest BCUT2D eigenvalue weighted by molar-refractivity contribution is 7.99. The Kier molecular flexibility index (Phi) is 5.20. The normalized spacial score (nSPS) is 13.5. The summed E-state index contributed by atoms with van der Waals surface area (Å²) in [6.07, 6.45) is 2.00. The minimum absolute atomic E-state index is 0.143. The minimum atomic E-state index is -3.53. The molecule has 2 heterocycles. The molecule has 0 saturated heterocycles. The van der Waals surface area contributed by atoms with E-state index < -0.39 is 10.0 Å². The van der Waals surface area contributed by atoms with Crippen LogP contribution in [0.15, 0.2) is 64.8 Å². The number of fused-ring (bicyclic) bond motifs is 1. The number of carbonyl (C=O) groups excluding carboxylic acids is 1. The number of nitrogens with zero attached hydrogens (tertiary/aromatic N) is 3. The number of para-hydroxylation sites is 1. The molecule has 0 spiro atoms. The lowest BCUT2D eigenvalue weighted by Crippen LogP contribution is -2.22. The Bertz CT molecular complexity index is 1150. The summed E-state index contributed by atoms with van der Waals surface area (Å²) in [7, 11) is -0.592. The first-order chi connectivity index (χ1) is 13.9. The predicted octanol–water partition coefficient (Wildman–Crippen LogP) is 3.16. The topological polar surface area (TPSA) is 84.3 Å². The number of imidazole rings is 1. The Morgan fingerprint density at radius 3 is 2.55 bits per heavy atom. The van der Waals surface area contributed by atoms with E-state index in [1.807, 2.05) is 30.5 Å². The summed E-state index contributed by atoms with van der Waals surface area (Å²) in [5.74, 6) is 0.716. The molecule has 150 valence electrons. The van der Waals surface area contributed by atoms with Crippen molar-refractivity contribution in [3.05, 3.63) is 60.3 Å². The SMILES string of the molecule is CN(C)S(=O)(=O)c1ccc(C(=O)Nc2ccccc2-c2cn3c(n2)SCC3)cc1. The molecule has 1 amide bonds. The van der Waals surface area contributed by atoms with Gasteiger partial charge >= 0.3 is 0 Å². The molecule has 1 aliphatic rings. The number of anilines is 1. The highest BCUT2D eigenvalue weighted by Gasteiger charge is 2.19. The number of aromatic nitrogens is 2. The van der Waals surface area contributed by atoms with E-state index in [1.54, 1.807) is 11.8 Å². The third-order valence-electron chi connectivity index (χ3n) is 4.65. The van der Waals surface area contributed by atoms with E-state index in [0.717, 1.165) is 33.0 Å². The average molecular weight is 429 g/mol. The number of hydrogen-bond acceptors (Lipinski definition) is 5. The fraction of sp³-hybridized carbons (Fsp3) is 0.200. The van der Waals surface area contributed by atoms with E-state index in [-0.39, 0.29) is 10.8 Å². The fourth-order valence-corrected chi connectivity index (χ4v) is 4.88. The van der Waals surface area contributed by atoms with Gasteiger partial charge < -0.3 is 9.88 Å². The second-order valence-corrected chi connectivity index (χ2v) is 9.98. The van der Waals surface area contributed by atoms with Gasteiger partial charge in [-0.3, -0.25) is 4.79 Å². The molecule has 0 unspecified atom stereocenters. The largest absolute Gasteiger partial charge is 0.325 e. The number of thioether (sulfide) groups is 1. The van der Waals surface area contributed by atoms with Crippen LogP contribution in [0.4, 0.5) is 5.69 Å². The van der Waals surface area contributed by atoms with Crippen LogP contribution in [0.1, 0.15) is 10.4 Å². The van der Waals surface area contributed by atoms with Crippen LogP contribution >= 0.6 is 11.8 Å². The van der Waals surface area contributed by atoms with Gasteiger partial charge in [-0.15, -0.1) is 0 Å². The molecule has 0 aliphatic carbocycles. The Hall–Kier alpha value is -2.62. The van der Waals surface area contributed by atoms with E-state index in [9.17, 15) is 13.2 Å². The zero-order valence-corrected chi connectivity index (χ0v) is 17.6. The molecule has 3 aromatic rings. The zero-order valence-electron chi connectivity index (χ0n) is 16.0. The maximum atomic E-state index is 12.7. The van der Waals surface area contributed by atoms with Crippen molar-refractivity contribution in [1.29, 1.82) is 0 Å². The summed E-state index contributed by atoms with van der Waals surface area (Å²) in [5, 5.41) is 3.90. The van der Waals surface area contributed by atoms with Crippen molar-refractivity contribution >= 4 is 33.4 Å². The molecule has 1 aromatic heterocycles. The first kappa shape index (κ1) is 19.7. The molecule has 0 saturated carbocycles. The molecular formula is C20H20N4O3S2. The second kappa shape index (κ2) is 7.66. The number of amides is 1. The van der Waals surface area contributed by atoms with Crippen molar-refractivity contribution < 1.29 is 13.2 Å². The molecule has 2 aromatic carbocycles. The summed E-state index contributed by atoms with van der Waals surface area (Å²) >= 11 is 1.72. The van der Waals surface area contributed by atoms with Gasteiger partial charge in [0, 0.05) is 43.7 Å². The minimum Gasteiger partial charge on any atom is -0.325 e. The molecule has 7 nitrogen and oxygen atoms in total. The van der Waals surface area contributed by atoms with E-state index in [0.29, 0.717) is 11.3 Å². The van der Waals surface area contributed by atoms with E-state index in [1.165, 1.54) is 38.4 Å². The van der Waals surface area contributed by atoms with Crippen LogP contribution in [-0.2, 0) is 16.6 Å². The van der Waals surface area contributed by atoms with Crippen LogP contribution in [0.2, 0.25) is 0 Å². The van der Waals surface area contributed by atoms with Gasteiger partial charge in [-0.25, -0.2) is 17.7 Å². The number of nitrogens with one attached hydrogen (secondary N) is 1. The van der Waals surface area contributed by atoms with Crippen LogP contribution in [0.25, 0.3) is 11.3 Å². The second-order valence-electron chi connectivity index (χ2n) is 6.76. The number of sulfonamides is 1. The Balaban J connectivity index is 1.58. The lowest BCUT2D eigenvalue weighted by Gasteiger charge is -2.12. The highest BCUT2D eigenvalue weighted by Crippen LogP contribution is 2.32. The molecule has 29 heavy (non-hydrogen) atoms. The molecule has 9 heteroatoms. The molecular weight excluding hydrogens is 408 g/mol. The Morgan fingerprint density at radius 1 is 1.14 bits per heavy atom. The Labute approximate surface area is 173 Å². The first-order valence-electron chi connectivity index (χ1n) is 8.99. The van der Waals surface area contributed by atoms with Gasteiger partial charge in [0.1, 0.15) is 0 Å². The molecule has 0 fully saturated rings. The standard InChI is InChI=1S/C20H20N4O3S2/c1-23(2)29(26,27)15-9-7-14(8-10-15)19(25)21-17-6-4-3-5-16(17)18-13-24-11-12-28-20(24)22-18/h3-10,13H,11-12H2,1-2H3,(H,21,25). The van der Waals surface area contributed by atoms with Gasteiger partial charge in [0.25, 0.3) is 5.91 Å². The average Bonchev–Trinajstić information content (AvgIpc) is 3.30. The molecule has 0 radical (unpaired) electrons. The zero-order chi connectivity index (χ0) is 20.6. The maximum Gasteiger partial charge on any atom is 0.255 e. The third kappa shape index (κ3) is 3.81. The summed E-state index contributed by atoms with van der Waals surface area (Å²) in [6, 6.07) is 13.4. The van der Waals surface area contributed by atoms with Crippen molar-refractivity contribution in [2.75, 3.05) is 25.2 Å². The van der Waals surface area contributed by atoms with Crippen molar-refractivity contribution in [2.24, 2.45) is 0 Å². The number of carbonyl (C=O) groups is 1. The molecule has 1 N–H and O–H groups in total. The quantitative estimate of drug-likeness (QED) is 0.675. The number of hydrogen-bond donors (Lipinski definition) is 1. The van der Waals surface area contributed by atoms with Gasteiger partial charge in [-0.1, -0.05) is 30.0 Å². The fourth-order valence-electron chi connectivity index (χ4n) is 3.04. The summed E-state index contributed by atoms with van der Waals surface area (Å²) in [6.45, 7) is 0.934. The van der Waals surface area contributed by atoms with Crippen LogP contribution in [0.5, 0.6) is 0 Å². The van der Waals surface area contributed by atoms with E-state index >= 15 is 0 Å². The van der Waals surface area contributed by atoms with Gasteiger partial charge in [0.05, 0.1) is 16.3 Å². The number of benzene rings is 2. The van der Waals surface area contributed by atoms with E-state index in [2.05, 4.69) is 14.9 Å². The molecule has 1 aliphatic heterocycles. The third-order valence-corrected chi connectivity index (χ3v) is 7.45.